The molecule has 0 aromatic heterocycles. The fraction of sp³-hybridized carbons (Fsp3) is 0.667. The van der Waals surface area contributed by atoms with E-state index in [1.165, 1.54) is 24.8 Å². The van der Waals surface area contributed by atoms with Crippen molar-refractivity contribution in [3.8, 4) is 0 Å². The first-order valence-electron chi connectivity index (χ1n) is 3.77. The smallest absolute Gasteiger partial charge is 0.322 e. The molecule has 0 N–H and O–H groups in total. The van der Waals surface area contributed by atoms with Crippen LogP contribution in [0.3, 0.4) is 0 Å². The zero-order valence-electron chi connectivity index (χ0n) is 7.35. The van der Waals surface area contributed by atoms with Crippen LogP contribution in [-0.4, -0.2) is 0 Å². The molecule has 0 aromatic carbocycles. The van der Waals surface area contributed by atoms with Crippen LogP contribution in [0.4, 0.5) is 0 Å². The van der Waals surface area contributed by atoms with Gasteiger partial charge in [0.15, 0.2) is 0 Å². The minimum absolute atomic E-state index is 0. The summed E-state index contributed by atoms with van der Waals surface area (Å²) in [6.07, 6.45) is 8.90. The Kier molecular flexibility index (Phi) is 5.22. The molecule has 0 spiro atoms. The van der Waals surface area contributed by atoms with Gasteiger partial charge in [-0.3, -0.25) is 0 Å². The van der Waals surface area contributed by atoms with Gasteiger partial charge < -0.3 is 6.42 Å². The van der Waals surface area contributed by atoms with E-state index in [4.69, 9.17) is 0 Å². The van der Waals surface area contributed by atoms with Crippen molar-refractivity contribution in [2.75, 3.05) is 0 Å². The molecule has 1 atom stereocenters. The van der Waals surface area contributed by atoms with Crippen LogP contribution >= 0.6 is 0 Å². The van der Waals surface area contributed by atoms with Gasteiger partial charge >= 0.3 is 18.9 Å². The fourth-order valence-electron chi connectivity index (χ4n) is 1.38. The maximum atomic E-state index is 2.42. The molecule has 0 aromatic rings. The summed E-state index contributed by atoms with van der Waals surface area (Å²) in [5.41, 5.74) is 1.46. The molecule has 1 heteroatoms. The molecule has 0 radical (unpaired) electrons. The van der Waals surface area contributed by atoms with Gasteiger partial charge in [0, 0.05) is 0 Å². The van der Waals surface area contributed by atoms with E-state index in [1.54, 1.807) is 0 Å². The summed E-state index contributed by atoms with van der Waals surface area (Å²) in [6.45, 7) is 4.35. The summed E-state index contributed by atoms with van der Waals surface area (Å²) in [4.78, 5) is 0. The van der Waals surface area contributed by atoms with Crippen LogP contribution in [0.1, 0.15) is 33.1 Å². The van der Waals surface area contributed by atoms with Crippen molar-refractivity contribution in [1.29, 1.82) is 0 Å². The first-order chi connectivity index (χ1) is 4.29. The molecule has 52 valence electrons. The van der Waals surface area contributed by atoms with Gasteiger partial charge in [-0.25, -0.2) is 0 Å². The van der Waals surface area contributed by atoms with E-state index in [9.17, 15) is 0 Å². The summed E-state index contributed by atoms with van der Waals surface area (Å²) in [6, 6.07) is 0. The Bertz CT molecular complexity index is 106. The van der Waals surface area contributed by atoms with Crippen molar-refractivity contribution in [1.82, 2.24) is 0 Å². The summed E-state index contributed by atoms with van der Waals surface area (Å²) in [5, 5.41) is 0. The zero-order chi connectivity index (χ0) is 6.69. The van der Waals surface area contributed by atoms with Crippen LogP contribution in [0.5, 0.6) is 0 Å². The number of hydrogen-bond donors (Lipinski definition) is 0. The topological polar surface area (TPSA) is 0 Å². The van der Waals surface area contributed by atoms with E-state index >= 15 is 0 Å². The molecule has 0 bridgehead atoms. The maximum Gasteiger partial charge on any atom is 1.00 e. The summed E-state index contributed by atoms with van der Waals surface area (Å²) >= 11 is 0. The van der Waals surface area contributed by atoms with Gasteiger partial charge in [0.1, 0.15) is 0 Å². The third-order valence-electron chi connectivity index (χ3n) is 1.76. The van der Waals surface area contributed by atoms with Gasteiger partial charge in [-0.1, -0.05) is 18.4 Å². The molecule has 1 aliphatic rings. The van der Waals surface area contributed by atoms with Crippen LogP contribution in [0.25, 0.3) is 0 Å². The molecule has 0 nitrogen and oxygen atoms in total. The normalized spacial score (nSPS) is 23.6. The molecule has 0 saturated heterocycles. The van der Waals surface area contributed by atoms with Gasteiger partial charge in [0.25, 0.3) is 0 Å². The van der Waals surface area contributed by atoms with Crippen molar-refractivity contribution in [2.45, 2.75) is 33.1 Å². The Morgan fingerprint density at radius 3 is 2.60 bits per heavy atom. The maximum absolute atomic E-state index is 2.42. The molecule has 10 heavy (non-hydrogen) atoms. The third kappa shape index (κ3) is 3.49. The molecule has 1 fully saturated rings. The van der Waals surface area contributed by atoms with Gasteiger partial charge in [-0.2, -0.15) is 6.42 Å². The molecular formula is C9H15Li. The van der Waals surface area contributed by atoms with Gasteiger partial charge in [-0.15, -0.1) is 12.0 Å². The van der Waals surface area contributed by atoms with E-state index < -0.39 is 0 Å². The average molecular weight is 130 g/mol. The average Bonchev–Trinajstić information content (AvgIpc) is 2.15. The number of hydrogen-bond acceptors (Lipinski definition) is 0. The summed E-state index contributed by atoms with van der Waals surface area (Å²) in [5.74, 6) is 0.801. The van der Waals surface area contributed by atoms with E-state index in [0.29, 0.717) is 0 Å². The first kappa shape index (κ1) is 10.3. The van der Waals surface area contributed by atoms with Crippen molar-refractivity contribution < 1.29 is 18.9 Å². The predicted molar refractivity (Wildman–Crippen MR) is 41.1 cm³/mol. The summed E-state index contributed by atoms with van der Waals surface area (Å²) < 4.78 is 0. The largest absolute Gasteiger partial charge is 1.00 e. The number of allylic oxidation sites excluding steroid dienone is 2. The molecule has 0 amide bonds. The molecule has 1 saturated carbocycles. The SMILES string of the molecule is CC(C)=CC1[CH-]CCC1.[Li+]. The third-order valence-corrected chi connectivity index (χ3v) is 1.76. The molecule has 0 aliphatic heterocycles. The molecule has 1 rings (SSSR count). The van der Waals surface area contributed by atoms with Gasteiger partial charge in [0.05, 0.1) is 0 Å². The minimum Gasteiger partial charge on any atom is -0.322 e. The van der Waals surface area contributed by atoms with Crippen LogP contribution in [0.15, 0.2) is 11.6 Å². The molecular weight excluding hydrogens is 115 g/mol. The monoisotopic (exact) mass is 130 g/mol. The quantitative estimate of drug-likeness (QED) is 0.265. The Hall–Kier alpha value is 0.337. The van der Waals surface area contributed by atoms with Gasteiger partial charge in [0.2, 0.25) is 0 Å². The van der Waals surface area contributed by atoms with Crippen LogP contribution < -0.4 is 18.9 Å². The standard InChI is InChI=1S/C9H15.Li/c1-8(2)7-9-5-3-4-6-9;/h5,7,9H,3-4,6H2,1-2H3;/q-1;+1. The first-order valence-corrected chi connectivity index (χ1v) is 3.77. The van der Waals surface area contributed by atoms with E-state index in [1.807, 2.05) is 0 Å². The van der Waals surface area contributed by atoms with Crippen molar-refractivity contribution in [3.63, 3.8) is 0 Å². The number of rotatable bonds is 1. The Balaban J connectivity index is 0.000000810. The predicted octanol–water partition coefficient (Wildman–Crippen LogP) is -0.0390. The van der Waals surface area contributed by atoms with E-state index in [-0.39, 0.29) is 18.9 Å². The minimum atomic E-state index is 0. The van der Waals surface area contributed by atoms with E-state index in [0.717, 1.165) is 5.92 Å². The summed E-state index contributed by atoms with van der Waals surface area (Å²) in [7, 11) is 0. The second kappa shape index (κ2) is 5.05. The second-order valence-electron chi connectivity index (χ2n) is 3.07. The molecule has 1 unspecified atom stereocenters. The molecule has 1 aliphatic carbocycles. The Morgan fingerprint density at radius 1 is 1.50 bits per heavy atom. The molecule has 0 heterocycles. The Morgan fingerprint density at radius 2 is 2.20 bits per heavy atom. The van der Waals surface area contributed by atoms with E-state index in [2.05, 4.69) is 26.3 Å². The zero-order valence-corrected chi connectivity index (χ0v) is 7.35. The fourth-order valence-corrected chi connectivity index (χ4v) is 1.38. The van der Waals surface area contributed by atoms with Crippen molar-refractivity contribution in [3.05, 3.63) is 18.1 Å². The van der Waals surface area contributed by atoms with Crippen LogP contribution in [0.2, 0.25) is 0 Å². The van der Waals surface area contributed by atoms with Gasteiger partial charge in [-0.05, 0) is 13.8 Å². The second-order valence-corrected chi connectivity index (χ2v) is 3.07. The Labute approximate surface area is 76.3 Å². The van der Waals surface area contributed by atoms with Crippen LogP contribution in [0, 0.1) is 12.3 Å². The van der Waals surface area contributed by atoms with Crippen molar-refractivity contribution >= 4 is 0 Å². The van der Waals surface area contributed by atoms with Crippen LogP contribution in [-0.2, 0) is 0 Å². The van der Waals surface area contributed by atoms with Crippen molar-refractivity contribution in [2.24, 2.45) is 5.92 Å².